The van der Waals surface area contributed by atoms with E-state index in [4.69, 9.17) is 90.6 Å². The number of methoxy groups -OCH3 is 2. The van der Waals surface area contributed by atoms with Gasteiger partial charge in [0.1, 0.15) is 19.0 Å². The number of hydrogen-bond donors (Lipinski definition) is 10. The van der Waals surface area contributed by atoms with Crippen LogP contribution in [0, 0.1) is 6.92 Å². The van der Waals surface area contributed by atoms with Crippen LogP contribution in [0.2, 0.25) is 15.1 Å². The van der Waals surface area contributed by atoms with E-state index in [9.17, 15) is 19.2 Å². The summed E-state index contributed by atoms with van der Waals surface area (Å²) in [6, 6.07) is 56.0. The standard InChI is InChI=1S/C14H18O4.C14H20.C12H16O2.C12H18O.C12H16O.C10H13Br.C10H12Cl2.C10H13Cl.8CH4O/c1-4-9(2)10-5-11(13(16)8-15)7-12(6-10)14(17)18-3;1-3-11(2)13-10-6-8-12-7-4-5-9-14(12)13;1-3-9(2)10-5-4-6-11(7-10)12(14)8-13;1-5-9(2)11-6-7-12(13-4)10(3)8-11;1-4-9(2)11-6-5-7-12(8-11)10(3)13;1-3-8(2)9-5-4-6-10(11)7-9;1-3-7(2)8-4-5-9(11)10(12)6-8;1-3-8(2)9-4-6-10(11)7-5-9;8*1-2/h5-7,9,15H,4,8H2,1-3H3;6,8,10-11H,3-5,7,9H2,1-2H3;4-7,9,13H,3,8H2,1-2H3;6-9H,5H2,1-4H3;5-9H,4H2,1-3H3;4-8H,3H2,1-2H3;4-7H,3H2,1-2H3;4-8H,3H2,1-2H3;8*2H,1H3. The van der Waals surface area contributed by atoms with Crippen LogP contribution in [0.15, 0.2) is 174 Å². The summed E-state index contributed by atoms with van der Waals surface area (Å²) in [5.74, 6) is 4.53. The van der Waals surface area contributed by atoms with Gasteiger partial charge in [-0.15, -0.1) is 0 Å². The van der Waals surface area contributed by atoms with Gasteiger partial charge in [0.25, 0.3) is 0 Å². The highest BCUT2D eigenvalue weighted by Crippen LogP contribution is 2.33. The van der Waals surface area contributed by atoms with Gasteiger partial charge in [-0.05, 0) is 272 Å². The Morgan fingerprint density at radius 2 is 0.721 bits per heavy atom. The predicted octanol–water partition coefficient (Wildman–Crippen LogP) is 24.7. The second kappa shape index (κ2) is 82.3. The maximum Gasteiger partial charge on any atom is 0.337 e. The topological polar surface area (TPSA) is 289 Å². The van der Waals surface area contributed by atoms with Crippen molar-refractivity contribution in [1.82, 2.24) is 0 Å². The smallest absolute Gasteiger partial charge is 0.337 e. The Balaban J connectivity index is -0.000000242. The number of aliphatic hydroxyl groups excluding tert-OH is 10. The van der Waals surface area contributed by atoms with Crippen LogP contribution in [0.3, 0.4) is 0 Å². The van der Waals surface area contributed by atoms with Crippen molar-refractivity contribution in [3.63, 3.8) is 0 Å². The number of fused-ring (bicyclic) bond motifs is 1. The van der Waals surface area contributed by atoms with E-state index in [1.165, 1.54) is 102 Å². The molecule has 0 heterocycles. The summed E-state index contributed by atoms with van der Waals surface area (Å²) in [4.78, 5) is 45.4. The first-order chi connectivity index (χ1) is 58.5. The molecule has 0 aromatic heterocycles. The molecule has 8 aromatic rings. The zero-order valence-electron chi connectivity index (χ0n) is 79.1. The first-order valence-electron chi connectivity index (χ1n) is 42.0. The lowest BCUT2D eigenvalue weighted by atomic mass is 9.83. The zero-order chi connectivity index (χ0) is 95.6. The number of ketones is 3. The number of aryl methyl sites for hydroxylation is 2. The molecule has 20 heteroatoms. The molecule has 10 N–H and O–H groups in total. The number of carbonyl (C=O) groups excluding carboxylic acids is 4. The third-order valence-corrected chi connectivity index (χ3v) is 21.9. The molecule has 122 heavy (non-hydrogen) atoms. The van der Waals surface area contributed by atoms with E-state index in [2.05, 4.69) is 203 Å². The van der Waals surface area contributed by atoms with E-state index in [-0.39, 0.29) is 17.5 Å². The molecule has 0 aliphatic heterocycles. The van der Waals surface area contributed by atoms with Gasteiger partial charge in [0, 0.05) is 83.1 Å². The summed E-state index contributed by atoms with van der Waals surface area (Å²) in [5.41, 5.74) is 17.0. The summed E-state index contributed by atoms with van der Waals surface area (Å²) in [5, 5.41) is 75.7. The van der Waals surface area contributed by atoms with Gasteiger partial charge in [-0.1, -0.05) is 259 Å². The molecule has 0 spiro atoms. The normalized spacial score (nSPS) is 11.9. The Morgan fingerprint density at radius 1 is 0.369 bits per heavy atom. The maximum absolute atomic E-state index is 11.5. The van der Waals surface area contributed by atoms with Gasteiger partial charge < -0.3 is 60.5 Å². The second-order valence-corrected chi connectivity index (χ2v) is 30.1. The monoisotopic (exact) mass is 1820 g/mol. The van der Waals surface area contributed by atoms with E-state index in [1.54, 1.807) is 48.9 Å². The highest BCUT2D eigenvalue weighted by Gasteiger charge is 2.18. The van der Waals surface area contributed by atoms with E-state index in [1.807, 2.05) is 80.6 Å². The van der Waals surface area contributed by atoms with E-state index in [0.717, 1.165) is 116 Å². The minimum atomic E-state index is -0.565. The molecular formula is C102H158BrCl3O16. The van der Waals surface area contributed by atoms with Crippen LogP contribution < -0.4 is 4.74 Å². The molecule has 1 aliphatic rings. The largest absolute Gasteiger partial charge is 0.496 e. The van der Waals surface area contributed by atoms with Crippen molar-refractivity contribution >= 4 is 74.1 Å². The highest BCUT2D eigenvalue weighted by atomic mass is 79.9. The van der Waals surface area contributed by atoms with Gasteiger partial charge in [0.05, 0.1) is 29.8 Å². The maximum atomic E-state index is 11.5. The van der Waals surface area contributed by atoms with Crippen LogP contribution in [0.5, 0.6) is 5.75 Å². The lowest BCUT2D eigenvalue weighted by molar-refractivity contribution is 0.0600. The summed E-state index contributed by atoms with van der Waals surface area (Å²) in [6.45, 7) is 37.7. The number of aliphatic hydroxyl groups is 10. The number of Topliss-reactive ketones (excluding diaryl/α,β-unsaturated/α-hetero) is 3. The molecule has 8 atom stereocenters. The zero-order valence-corrected chi connectivity index (χ0v) is 83.0. The van der Waals surface area contributed by atoms with Crippen molar-refractivity contribution in [1.29, 1.82) is 0 Å². The molecule has 8 aromatic carbocycles. The molecule has 690 valence electrons. The number of esters is 1. The second-order valence-electron chi connectivity index (χ2n) is 28.0. The Hall–Kier alpha value is -7.01. The van der Waals surface area contributed by atoms with Crippen LogP contribution >= 0.6 is 50.7 Å². The van der Waals surface area contributed by atoms with Gasteiger partial charge in [0.15, 0.2) is 17.3 Å². The van der Waals surface area contributed by atoms with Crippen LogP contribution in [0.1, 0.15) is 332 Å². The summed E-state index contributed by atoms with van der Waals surface area (Å²) in [7, 11) is 11.0. The number of ether oxygens (including phenoxy) is 2. The fraction of sp³-hybridized carbons (Fsp3) is 0.490. The molecular weight excluding hydrogens is 1670 g/mol. The molecule has 0 fully saturated rings. The van der Waals surface area contributed by atoms with E-state index >= 15 is 0 Å². The molecule has 0 radical (unpaired) electrons. The lowest BCUT2D eigenvalue weighted by Crippen LogP contribution is -2.10. The van der Waals surface area contributed by atoms with Crippen LogP contribution in [0.25, 0.3) is 0 Å². The Kier molecular flexibility index (Phi) is 86.4. The minimum Gasteiger partial charge on any atom is -0.496 e. The molecule has 0 amide bonds. The Labute approximate surface area is 760 Å². The molecule has 8 unspecified atom stereocenters. The third-order valence-electron chi connectivity index (χ3n) is 20.4. The number of rotatable bonds is 23. The quantitative estimate of drug-likeness (QED) is 0.0210. The summed E-state index contributed by atoms with van der Waals surface area (Å²) in [6.07, 6.45) is 14.4. The van der Waals surface area contributed by atoms with Gasteiger partial charge >= 0.3 is 5.97 Å². The van der Waals surface area contributed by atoms with Crippen molar-refractivity contribution in [2.24, 2.45) is 0 Å². The van der Waals surface area contributed by atoms with Crippen molar-refractivity contribution in [3.05, 3.63) is 273 Å². The summed E-state index contributed by atoms with van der Waals surface area (Å²) < 4.78 is 11.0. The predicted molar refractivity (Wildman–Crippen MR) is 521 cm³/mol. The van der Waals surface area contributed by atoms with Gasteiger partial charge in [-0.2, -0.15) is 0 Å². The number of carbonyl (C=O) groups is 4. The highest BCUT2D eigenvalue weighted by molar-refractivity contribution is 9.10. The molecule has 9 rings (SSSR count). The first kappa shape index (κ1) is 128. The Morgan fingerprint density at radius 3 is 1.13 bits per heavy atom. The Bertz CT molecular complexity index is 3880. The average molecular weight is 1830 g/mol. The molecule has 0 saturated carbocycles. The minimum absolute atomic E-state index is 0.144. The fourth-order valence-corrected chi connectivity index (χ4v) is 12.2. The number of halogens is 4. The van der Waals surface area contributed by atoms with Gasteiger partial charge in [-0.25, -0.2) is 4.79 Å². The van der Waals surface area contributed by atoms with Crippen molar-refractivity contribution in [3.8, 4) is 5.75 Å². The third kappa shape index (κ3) is 52.7. The summed E-state index contributed by atoms with van der Waals surface area (Å²) >= 11 is 20.9. The van der Waals surface area contributed by atoms with Crippen LogP contribution in [0.4, 0.5) is 0 Å². The van der Waals surface area contributed by atoms with Crippen LogP contribution in [-0.4, -0.2) is 159 Å². The fourth-order valence-electron chi connectivity index (χ4n) is 11.4. The molecule has 1 aliphatic carbocycles. The van der Waals surface area contributed by atoms with Crippen molar-refractivity contribution in [2.45, 2.75) is 249 Å². The SMILES string of the molecule is CCC(C)c1cc(C(=O)CO)cc(C(=O)OC)c1.CCC(C)c1ccc(Cl)c(Cl)c1.CCC(C)c1ccc(Cl)cc1.CCC(C)c1ccc(OC)c(C)c1.CCC(C)c1cccc(Br)c1.CCC(C)c1cccc(C(=O)CO)c1.CCC(C)c1cccc(C(C)=O)c1.CCC(C)c1cccc2c1CCCC2.CO.CO.CO.CO.CO.CO.CO.CO. The molecule has 0 bridgehead atoms. The van der Waals surface area contributed by atoms with Gasteiger partial charge in [-0.3, -0.25) is 14.4 Å². The lowest BCUT2D eigenvalue weighted by Gasteiger charge is -2.22. The van der Waals surface area contributed by atoms with E-state index in [0.29, 0.717) is 62.2 Å². The average Bonchev–Trinajstić information content (AvgIpc) is 0.838. The first-order valence-corrected chi connectivity index (χ1v) is 43.9. The number of benzene rings is 8. The molecule has 16 nitrogen and oxygen atoms in total. The van der Waals surface area contributed by atoms with Crippen molar-refractivity contribution < 1.29 is 79.7 Å². The van der Waals surface area contributed by atoms with Gasteiger partial charge in [0.2, 0.25) is 0 Å². The number of hydrogen-bond acceptors (Lipinski definition) is 16. The molecule has 0 saturated heterocycles. The van der Waals surface area contributed by atoms with E-state index < -0.39 is 25.0 Å². The van der Waals surface area contributed by atoms with Crippen LogP contribution in [-0.2, 0) is 17.6 Å². The van der Waals surface area contributed by atoms with Crippen molar-refractivity contribution in [2.75, 3.05) is 84.3 Å².